The van der Waals surface area contributed by atoms with Gasteiger partial charge in [-0.3, -0.25) is 14.9 Å². The first-order valence-electron chi connectivity index (χ1n) is 10.5. The lowest BCUT2D eigenvalue weighted by atomic mass is 10.1. The van der Waals surface area contributed by atoms with E-state index in [0.29, 0.717) is 29.2 Å². The highest BCUT2D eigenvalue weighted by Crippen LogP contribution is 2.33. The number of hydrogen-bond donors (Lipinski definition) is 0. The molecule has 174 valence electrons. The van der Waals surface area contributed by atoms with Crippen molar-refractivity contribution in [3.63, 3.8) is 0 Å². The van der Waals surface area contributed by atoms with Crippen molar-refractivity contribution < 1.29 is 28.7 Å². The van der Waals surface area contributed by atoms with Crippen LogP contribution in [-0.4, -0.2) is 34.6 Å². The number of rotatable bonds is 8. The number of hydrogen-bond acceptors (Lipinski definition) is 7. The van der Waals surface area contributed by atoms with Crippen molar-refractivity contribution in [2.45, 2.75) is 20.4 Å². The lowest BCUT2D eigenvalue weighted by molar-refractivity contribution is -0.384. The Balaban J connectivity index is 1.38. The molecular formula is C25H22N2O7. The van der Waals surface area contributed by atoms with Gasteiger partial charge in [0.15, 0.2) is 18.1 Å². The Hall–Kier alpha value is -4.40. The fourth-order valence-electron chi connectivity index (χ4n) is 3.72. The van der Waals surface area contributed by atoms with E-state index in [0.717, 1.165) is 23.0 Å². The Morgan fingerprint density at radius 2 is 1.91 bits per heavy atom. The van der Waals surface area contributed by atoms with E-state index in [4.69, 9.17) is 14.2 Å². The minimum atomic E-state index is -0.714. The summed E-state index contributed by atoms with van der Waals surface area (Å²) < 4.78 is 17.9. The van der Waals surface area contributed by atoms with Gasteiger partial charge in [0.2, 0.25) is 12.6 Å². The third-order valence-corrected chi connectivity index (χ3v) is 5.49. The van der Waals surface area contributed by atoms with Crippen LogP contribution in [0, 0.1) is 24.0 Å². The van der Waals surface area contributed by atoms with Gasteiger partial charge in [-0.2, -0.15) is 0 Å². The van der Waals surface area contributed by atoms with Gasteiger partial charge in [0.05, 0.1) is 4.92 Å². The minimum absolute atomic E-state index is 0.0817. The molecule has 0 unspecified atom stereocenters. The summed E-state index contributed by atoms with van der Waals surface area (Å²) in [4.78, 5) is 35.1. The third-order valence-electron chi connectivity index (χ3n) is 5.49. The van der Waals surface area contributed by atoms with E-state index in [1.54, 1.807) is 12.1 Å². The summed E-state index contributed by atoms with van der Waals surface area (Å²) in [6, 6.07) is 13.3. The number of aromatic nitrogens is 1. The van der Waals surface area contributed by atoms with Crippen molar-refractivity contribution >= 4 is 23.5 Å². The summed E-state index contributed by atoms with van der Waals surface area (Å²) in [5, 5.41) is 10.8. The van der Waals surface area contributed by atoms with E-state index >= 15 is 0 Å². The Labute approximate surface area is 195 Å². The highest BCUT2D eigenvalue weighted by Gasteiger charge is 2.18. The number of Topliss-reactive ketones (excluding diaryl/α,β-unsaturated/α-hetero) is 1. The zero-order valence-corrected chi connectivity index (χ0v) is 18.6. The zero-order chi connectivity index (χ0) is 24.2. The molecule has 0 radical (unpaired) electrons. The summed E-state index contributed by atoms with van der Waals surface area (Å²) in [6.45, 7) is 4.10. The first kappa shape index (κ1) is 22.8. The quantitative estimate of drug-likeness (QED) is 0.162. The molecule has 0 spiro atoms. The molecule has 9 heteroatoms. The van der Waals surface area contributed by atoms with Gasteiger partial charge >= 0.3 is 5.97 Å². The number of nitrogens with zero attached hydrogens (tertiary/aromatic N) is 2. The van der Waals surface area contributed by atoms with E-state index in [2.05, 4.69) is 0 Å². The van der Waals surface area contributed by atoms with Gasteiger partial charge in [-0.15, -0.1) is 0 Å². The monoisotopic (exact) mass is 462 g/mol. The molecule has 0 fully saturated rings. The molecule has 2 heterocycles. The number of nitro groups is 1. The van der Waals surface area contributed by atoms with E-state index in [9.17, 15) is 19.7 Å². The number of ether oxygens (including phenoxy) is 3. The first-order chi connectivity index (χ1) is 16.3. The van der Waals surface area contributed by atoms with E-state index in [1.807, 2.05) is 36.6 Å². The molecule has 0 aliphatic carbocycles. The number of non-ortho nitro benzene ring substituents is 1. The van der Waals surface area contributed by atoms with Crippen LogP contribution in [0.3, 0.4) is 0 Å². The summed E-state index contributed by atoms with van der Waals surface area (Å²) in [6.07, 6.45) is 2.53. The Bertz CT molecular complexity index is 1310. The molecule has 1 aliphatic heterocycles. The molecule has 0 saturated heterocycles. The van der Waals surface area contributed by atoms with Gasteiger partial charge in [0.1, 0.15) is 0 Å². The van der Waals surface area contributed by atoms with Crippen molar-refractivity contribution in [2.75, 3.05) is 13.4 Å². The molecule has 0 atom stereocenters. The third kappa shape index (κ3) is 4.98. The molecule has 0 saturated carbocycles. The number of esters is 1. The van der Waals surface area contributed by atoms with Crippen molar-refractivity contribution in [1.82, 2.24) is 4.57 Å². The number of fused-ring (bicyclic) bond motifs is 1. The largest absolute Gasteiger partial charge is 0.454 e. The van der Waals surface area contributed by atoms with Crippen molar-refractivity contribution in [3.8, 4) is 11.5 Å². The van der Waals surface area contributed by atoms with Crippen molar-refractivity contribution in [1.29, 1.82) is 0 Å². The van der Waals surface area contributed by atoms with Crippen LogP contribution >= 0.6 is 0 Å². The predicted molar refractivity (Wildman–Crippen MR) is 123 cm³/mol. The molecule has 1 aromatic heterocycles. The maximum Gasteiger partial charge on any atom is 0.331 e. The topological polar surface area (TPSA) is 110 Å². The van der Waals surface area contributed by atoms with Crippen LogP contribution in [0.25, 0.3) is 6.08 Å². The van der Waals surface area contributed by atoms with E-state index in [-0.39, 0.29) is 18.3 Å². The van der Waals surface area contributed by atoms with Crippen LogP contribution in [0.5, 0.6) is 11.5 Å². The molecule has 4 rings (SSSR count). The first-order valence-corrected chi connectivity index (χ1v) is 10.5. The van der Waals surface area contributed by atoms with Crippen LogP contribution in [0.1, 0.15) is 32.9 Å². The van der Waals surface area contributed by atoms with Crippen LogP contribution in [0.4, 0.5) is 5.69 Å². The van der Waals surface area contributed by atoms with E-state index < -0.39 is 17.5 Å². The lowest BCUT2D eigenvalue weighted by Gasteiger charge is -2.10. The number of aryl methyl sites for hydroxylation is 1. The summed E-state index contributed by atoms with van der Waals surface area (Å²) in [5.74, 6) is 0.374. The van der Waals surface area contributed by atoms with Crippen molar-refractivity contribution in [2.24, 2.45) is 0 Å². The smallest absolute Gasteiger partial charge is 0.331 e. The predicted octanol–water partition coefficient (Wildman–Crippen LogP) is 4.23. The number of nitro benzene ring substituents is 1. The van der Waals surface area contributed by atoms with Gasteiger partial charge in [-0.05, 0) is 49.2 Å². The van der Waals surface area contributed by atoms with Crippen molar-refractivity contribution in [3.05, 3.63) is 92.8 Å². The SMILES string of the molecule is Cc1cc(C(=O)COC(=O)C=Cc2cccc([N+](=O)[O-])c2)c(C)n1Cc1ccc2c(c1)OCO2. The van der Waals surface area contributed by atoms with Gasteiger partial charge < -0.3 is 18.8 Å². The van der Waals surface area contributed by atoms with Crippen LogP contribution < -0.4 is 9.47 Å². The molecule has 9 nitrogen and oxygen atoms in total. The van der Waals surface area contributed by atoms with Gasteiger partial charge in [0.25, 0.3) is 5.69 Å². The second kappa shape index (κ2) is 9.62. The highest BCUT2D eigenvalue weighted by molar-refractivity contribution is 6.00. The van der Waals surface area contributed by atoms with E-state index in [1.165, 1.54) is 24.3 Å². The summed E-state index contributed by atoms with van der Waals surface area (Å²) >= 11 is 0. The Kier molecular flexibility index (Phi) is 6.44. The second-order valence-corrected chi connectivity index (χ2v) is 7.77. The van der Waals surface area contributed by atoms with Crippen LogP contribution in [-0.2, 0) is 16.1 Å². The number of carbonyl (C=O) groups excluding carboxylic acids is 2. The minimum Gasteiger partial charge on any atom is -0.454 e. The Morgan fingerprint density at radius 3 is 2.71 bits per heavy atom. The average molecular weight is 462 g/mol. The maximum atomic E-state index is 12.7. The molecule has 2 aromatic carbocycles. The standard InChI is InChI=1S/C25H22N2O7/c1-16-10-21(17(2)26(16)13-19-6-8-23-24(12-19)34-15-33-23)22(28)14-32-25(29)9-7-18-4-3-5-20(11-18)27(30)31/h3-12H,13-15H2,1-2H3. The lowest BCUT2D eigenvalue weighted by Crippen LogP contribution is -2.13. The molecular weight excluding hydrogens is 440 g/mol. The fourth-order valence-corrected chi connectivity index (χ4v) is 3.72. The Morgan fingerprint density at radius 1 is 1.12 bits per heavy atom. The molecule has 3 aromatic rings. The fraction of sp³-hybridized carbons (Fsp3) is 0.200. The molecule has 0 amide bonds. The molecule has 0 bridgehead atoms. The second-order valence-electron chi connectivity index (χ2n) is 7.77. The van der Waals surface area contributed by atoms with Gasteiger partial charge in [0, 0.05) is 41.7 Å². The van der Waals surface area contributed by atoms with Crippen LogP contribution in [0.15, 0.2) is 54.6 Å². The number of carbonyl (C=O) groups is 2. The number of benzene rings is 2. The zero-order valence-electron chi connectivity index (χ0n) is 18.6. The normalized spacial score (nSPS) is 12.2. The number of ketones is 1. The van der Waals surface area contributed by atoms with Gasteiger partial charge in [-0.25, -0.2) is 4.79 Å². The average Bonchev–Trinajstić information content (AvgIpc) is 3.41. The summed E-state index contributed by atoms with van der Waals surface area (Å²) in [5.41, 5.74) is 3.54. The van der Waals surface area contributed by atoms with Gasteiger partial charge in [-0.1, -0.05) is 18.2 Å². The molecule has 0 N–H and O–H groups in total. The maximum absolute atomic E-state index is 12.7. The molecule has 34 heavy (non-hydrogen) atoms. The van der Waals surface area contributed by atoms with Crippen LogP contribution in [0.2, 0.25) is 0 Å². The summed E-state index contributed by atoms with van der Waals surface area (Å²) in [7, 11) is 0. The highest BCUT2D eigenvalue weighted by atomic mass is 16.7. The molecule has 1 aliphatic rings.